The van der Waals surface area contributed by atoms with E-state index >= 15 is 0 Å². The predicted octanol–water partition coefficient (Wildman–Crippen LogP) is 3.37. The number of esters is 1. The number of methoxy groups -OCH3 is 1. The van der Waals surface area contributed by atoms with E-state index in [-0.39, 0.29) is 22.9 Å². The van der Waals surface area contributed by atoms with Gasteiger partial charge in [0.25, 0.3) is 0 Å². The van der Waals surface area contributed by atoms with Crippen LogP contribution in [-0.2, 0) is 9.53 Å². The number of ether oxygens (including phenoxy) is 1. The van der Waals surface area contributed by atoms with Crippen molar-refractivity contribution in [1.82, 2.24) is 20.2 Å². The Morgan fingerprint density at radius 3 is 2.76 bits per heavy atom. The number of fused-ring (bicyclic) bond motifs is 1. The molecule has 0 saturated heterocycles. The number of benzene rings is 1. The third kappa shape index (κ3) is 3.97. The first-order chi connectivity index (χ1) is 12.1. The van der Waals surface area contributed by atoms with E-state index in [1.54, 1.807) is 0 Å². The number of rotatable bonds is 6. The Kier molecular flexibility index (Phi) is 5.61. The number of H-pyrrole nitrogens is 1. The number of hydrogen-bond acceptors (Lipinski definition) is 9. The van der Waals surface area contributed by atoms with E-state index in [0.29, 0.717) is 9.86 Å². The van der Waals surface area contributed by atoms with Crippen LogP contribution in [0.4, 0.5) is 0 Å². The molecule has 3 rings (SSSR count). The zero-order chi connectivity index (χ0) is 17.8. The minimum atomic E-state index is -0.653. The number of aromatic amines is 1. The predicted molar refractivity (Wildman–Crippen MR) is 100 cm³/mol. The molecule has 0 fully saturated rings. The molecule has 0 bridgehead atoms. The van der Waals surface area contributed by atoms with E-state index in [4.69, 9.17) is 4.74 Å². The minimum absolute atomic E-state index is 0.0146. The van der Waals surface area contributed by atoms with Gasteiger partial charge in [-0.25, -0.2) is 9.78 Å². The number of carbonyl (C=O) groups is 1. The number of nitrogens with zero attached hydrogens (tertiary/aromatic N) is 3. The van der Waals surface area contributed by atoms with E-state index in [2.05, 4.69) is 20.2 Å². The second kappa shape index (κ2) is 7.89. The van der Waals surface area contributed by atoms with Gasteiger partial charge in [-0.1, -0.05) is 47.0 Å². The fraction of sp³-hybridized carbons (Fsp3) is 0.200. The highest BCUT2D eigenvalue weighted by Crippen LogP contribution is 2.30. The third-order valence-electron chi connectivity index (χ3n) is 3.20. The van der Waals surface area contributed by atoms with Gasteiger partial charge in [0, 0.05) is 0 Å². The number of aliphatic hydroxyl groups is 1. The SMILES string of the molecule is COC(=O)/C(=C(/O)CSc1nnc(SC)s1)c1nc2ccccc2[nH]1. The van der Waals surface area contributed by atoms with Crippen LogP contribution in [0.3, 0.4) is 0 Å². The molecule has 2 heterocycles. The summed E-state index contributed by atoms with van der Waals surface area (Å²) in [6.07, 6.45) is 1.92. The lowest BCUT2D eigenvalue weighted by atomic mass is 10.2. The van der Waals surface area contributed by atoms with Crippen LogP contribution in [0.5, 0.6) is 0 Å². The van der Waals surface area contributed by atoms with Crippen LogP contribution in [0.1, 0.15) is 5.82 Å². The van der Waals surface area contributed by atoms with Crippen LogP contribution < -0.4 is 0 Å². The van der Waals surface area contributed by atoms with Crippen LogP contribution in [0, 0.1) is 0 Å². The van der Waals surface area contributed by atoms with E-state index in [9.17, 15) is 9.90 Å². The highest BCUT2D eigenvalue weighted by Gasteiger charge is 2.22. The summed E-state index contributed by atoms with van der Waals surface area (Å²) in [4.78, 5) is 19.6. The molecule has 10 heteroatoms. The highest BCUT2D eigenvalue weighted by atomic mass is 32.2. The molecule has 130 valence electrons. The molecule has 2 N–H and O–H groups in total. The molecule has 25 heavy (non-hydrogen) atoms. The van der Waals surface area contributed by atoms with E-state index in [1.807, 2.05) is 30.5 Å². The molecular weight excluding hydrogens is 380 g/mol. The summed E-state index contributed by atoms with van der Waals surface area (Å²) in [7, 11) is 1.26. The molecule has 0 unspecified atom stereocenters. The normalized spacial score (nSPS) is 12.2. The summed E-state index contributed by atoms with van der Waals surface area (Å²) >= 11 is 4.23. The maximum Gasteiger partial charge on any atom is 0.345 e. The number of para-hydroxylation sites is 2. The largest absolute Gasteiger partial charge is 0.510 e. The lowest BCUT2D eigenvalue weighted by Crippen LogP contribution is -2.09. The smallest absolute Gasteiger partial charge is 0.345 e. The maximum absolute atomic E-state index is 12.2. The van der Waals surface area contributed by atoms with Crippen molar-refractivity contribution in [2.75, 3.05) is 19.1 Å². The number of carbonyl (C=O) groups excluding carboxylic acids is 1. The zero-order valence-electron chi connectivity index (χ0n) is 13.3. The first-order valence-corrected chi connectivity index (χ1v) is 10.1. The first kappa shape index (κ1) is 17.8. The molecule has 1 aromatic carbocycles. The average molecular weight is 395 g/mol. The van der Waals surface area contributed by atoms with E-state index < -0.39 is 5.97 Å². The molecular formula is C15H14N4O3S3. The van der Waals surface area contributed by atoms with Crippen LogP contribution >= 0.6 is 34.9 Å². The van der Waals surface area contributed by atoms with Crippen LogP contribution in [0.2, 0.25) is 0 Å². The Hall–Kier alpha value is -2.04. The highest BCUT2D eigenvalue weighted by molar-refractivity contribution is 8.03. The molecule has 7 nitrogen and oxygen atoms in total. The zero-order valence-corrected chi connectivity index (χ0v) is 15.8. The number of thioether (sulfide) groups is 2. The molecule has 0 aliphatic rings. The lowest BCUT2D eigenvalue weighted by Gasteiger charge is -2.06. The van der Waals surface area contributed by atoms with Gasteiger partial charge in [-0.2, -0.15) is 0 Å². The third-order valence-corrected chi connectivity index (χ3v) is 6.24. The molecule has 0 amide bonds. The second-order valence-corrected chi connectivity index (χ2v) is 8.00. The van der Waals surface area contributed by atoms with Gasteiger partial charge in [0.05, 0.1) is 23.9 Å². The summed E-state index contributed by atoms with van der Waals surface area (Å²) in [5, 5.41) is 18.5. The molecule has 3 aromatic rings. The Labute approximate surface area is 155 Å². The number of aliphatic hydroxyl groups excluding tert-OH is 1. The number of imidazole rings is 1. The van der Waals surface area contributed by atoms with E-state index in [0.717, 1.165) is 9.86 Å². The Morgan fingerprint density at radius 2 is 2.08 bits per heavy atom. The van der Waals surface area contributed by atoms with Crippen molar-refractivity contribution in [2.24, 2.45) is 0 Å². The van der Waals surface area contributed by atoms with Crippen molar-refractivity contribution in [1.29, 1.82) is 0 Å². The van der Waals surface area contributed by atoms with Crippen molar-refractivity contribution >= 4 is 57.4 Å². The van der Waals surface area contributed by atoms with Gasteiger partial charge in [0.1, 0.15) is 17.2 Å². The van der Waals surface area contributed by atoms with Gasteiger partial charge in [0.2, 0.25) is 0 Å². The van der Waals surface area contributed by atoms with Gasteiger partial charge < -0.3 is 14.8 Å². The maximum atomic E-state index is 12.2. The number of hydrogen-bond donors (Lipinski definition) is 2. The molecule has 0 aliphatic carbocycles. The molecule has 0 radical (unpaired) electrons. The topological polar surface area (TPSA) is 101 Å². The summed E-state index contributed by atoms with van der Waals surface area (Å²) in [6, 6.07) is 7.38. The van der Waals surface area contributed by atoms with Gasteiger partial charge in [-0.15, -0.1) is 10.2 Å². The van der Waals surface area contributed by atoms with Crippen molar-refractivity contribution in [3.05, 3.63) is 35.8 Å². The van der Waals surface area contributed by atoms with Crippen molar-refractivity contribution < 1.29 is 14.6 Å². The summed E-state index contributed by atoms with van der Waals surface area (Å²) in [5.41, 5.74) is 1.49. The molecule has 0 saturated carbocycles. The van der Waals surface area contributed by atoms with Crippen molar-refractivity contribution in [3.8, 4) is 0 Å². The Bertz CT molecular complexity index is 902. The molecule has 2 aromatic heterocycles. The van der Waals surface area contributed by atoms with Gasteiger partial charge in [-0.05, 0) is 18.4 Å². The minimum Gasteiger partial charge on any atom is -0.510 e. The molecule has 0 spiro atoms. The monoisotopic (exact) mass is 394 g/mol. The fourth-order valence-electron chi connectivity index (χ4n) is 2.06. The van der Waals surface area contributed by atoms with Crippen molar-refractivity contribution in [3.63, 3.8) is 0 Å². The summed E-state index contributed by atoms with van der Waals surface area (Å²) < 4.78 is 6.36. The Balaban J connectivity index is 1.90. The first-order valence-electron chi connectivity index (χ1n) is 7.08. The van der Waals surface area contributed by atoms with Crippen LogP contribution in [-0.4, -0.2) is 50.4 Å². The average Bonchev–Trinajstić information content (AvgIpc) is 3.26. The van der Waals surface area contributed by atoms with Crippen LogP contribution in [0.15, 0.2) is 38.7 Å². The van der Waals surface area contributed by atoms with Gasteiger partial charge in [-0.3, -0.25) is 0 Å². The standard InChI is InChI=1S/C15H14N4O3S3/c1-22-13(21)11(12-16-8-5-3-4-6-9(8)17-12)10(20)7-24-15-19-18-14(23-2)25-15/h3-6,20H,7H2,1-2H3,(H,16,17)/b11-10+. The molecule has 0 atom stereocenters. The second-order valence-electron chi connectivity index (χ2n) is 4.74. The summed E-state index contributed by atoms with van der Waals surface area (Å²) in [5.74, 6) is -0.353. The van der Waals surface area contributed by atoms with E-state index in [1.165, 1.54) is 42.0 Å². The molecule has 0 aliphatic heterocycles. The van der Waals surface area contributed by atoms with Gasteiger partial charge in [0.15, 0.2) is 8.68 Å². The lowest BCUT2D eigenvalue weighted by molar-refractivity contribution is -0.133. The Morgan fingerprint density at radius 1 is 1.32 bits per heavy atom. The summed E-state index contributed by atoms with van der Waals surface area (Å²) in [6.45, 7) is 0. The number of aromatic nitrogens is 4. The quantitative estimate of drug-likeness (QED) is 0.284. The fourth-order valence-corrected chi connectivity index (χ4v) is 4.38. The van der Waals surface area contributed by atoms with Crippen molar-refractivity contribution in [2.45, 2.75) is 8.68 Å². The van der Waals surface area contributed by atoms with Crippen LogP contribution in [0.25, 0.3) is 16.6 Å². The van der Waals surface area contributed by atoms with Gasteiger partial charge >= 0.3 is 5.97 Å². The number of nitrogens with one attached hydrogen (secondary N) is 1.